The number of amides is 10. The van der Waals surface area contributed by atoms with E-state index >= 15 is 0 Å². The summed E-state index contributed by atoms with van der Waals surface area (Å²) in [4.78, 5) is 141. The number of carbonyl (C=O) groups is 10. The second kappa shape index (κ2) is 35.8. The molecule has 14 atom stereocenters. The fraction of sp³-hybridized carbons (Fsp3) is 0.663. The molecule has 7 N–H and O–H groups in total. The van der Waals surface area contributed by atoms with Crippen LogP contribution in [0, 0.1) is 16.2 Å². The molecule has 6 aliphatic heterocycles. The van der Waals surface area contributed by atoms with Crippen LogP contribution in [0.25, 0.3) is 0 Å². The summed E-state index contributed by atoms with van der Waals surface area (Å²) in [6, 6.07) is 19.2. The Labute approximate surface area is 659 Å². The maximum Gasteiger partial charge on any atom is 0.410 e. The van der Waals surface area contributed by atoms with Crippen LogP contribution >= 0.6 is 35.3 Å². The van der Waals surface area contributed by atoms with Gasteiger partial charge in [-0.3, -0.25) is 48.2 Å². The van der Waals surface area contributed by atoms with E-state index in [1.807, 2.05) is 71.9 Å². The van der Waals surface area contributed by atoms with Gasteiger partial charge in [-0.1, -0.05) is 128 Å². The SMILES string of the molecule is CC.CC1(C)C[C@@H]2SCC[C@H](N)C(=O)N2C1C(=O)N[C@@H]1CCCc2ccccc21.C[C@@H](C(=O)N[C@H]1CCS[C@H]2CC(C)(C)[C@@H](C(=O)N[C@@H]3CCCc4ccccc43)N2C1=O)N(C)C(=O)OC(C)(C)C.C[C@@H](C(=O)N[C@H]1CCS[C@H]2CC(C)(C)[C@H](C(=O)N[C@@H]3CCCc4ccccc43)N2C1=O)N(C)C(=O)OC(C)(C)C. The zero-order chi connectivity index (χ0) is 80.0. The van der Waals surface area contributed by atoms with Crippen molar-refractivity contribution in [2.45, 2.75) is 301 Å². The van der Waals surface area contributed by atoms with E-state index in [9.17, 15) is 47.9 Å². The van der Waals surface area contributed by atoms with Crippen molar-refractivity contribution in [1.82, 2.24) is 51.1 Å². The lowest BCUT2D eigenvalue weighted by Gasteiger charge is -2.36. The largest absolute Gasteiger partial charge is 0.444 e. The van der Waals surface area contributed by atoms with Crippen LogP contribution in [-0.2, 0) is 67.1 Å². The van der Waals surface area contributed by atoms with Crippen molar-refractivity contribution < 1.29 is 57.4 Å². The molecule has 0 spiro atoms. The van der Waals surface area contributed by atoms with Gasteiger partial charge in [0.05, 0.1) is 40.3 Å². The number of likely N-dealkylation sites (N-methyl/N-ethyl adjacent to an activating group) is 2. The maximum atomic E-state index is 14.0. The predicted octanol–water partition coefficient (Wildman–Crippen LogP) is 11.6. The molecule has 3 aromatic carbocycles. The zero-order valence-electron chi connectivity index (χ0n) is 67.7. The molecule has 10 amide bonds. The van der Waals surface area contributed by atoms with Crippen molar-refractivity contribution in [2.75, 3.05) is 31.4 Å². The minimum Gasteiger partial charge on any atom is -0.444 e. The summed E-state index contributed by atoms with van der Waals surface area (Å²) in [5.41, 5.74) is 11.0. The Balaban J connectivity index is 0.000000190. The number of carbonyl (C=O) groups excluding carboxylic acids is 10. The monoisotopic (exact) mass is 1560 g/mol. The molecule has 26 heteroatoms. The third-order valence-electron chi connectivity index (χ3n) is 22.7. The molecular weight excluding hydrogens is 1440 g/mol. The first-order valence-corrected chi connectivity index (χ1v) is 42.7. The van der Waals surface area contributed by atoms with Crippen molar-refractivity contribution >= 4 is 94.7 Å². The number of hydrogen-bond acceptors (Lipinski definition) is 16. The Morgan fingerprint density at radius 1 is 0.450 bits per heavy atom. The second-order valence-electron chi connectivity index (χ2n) is 34.6. The Morgan fingerprint density at radius 3 is 1.04 bits per heavy atom. The van der Waals surface area contributed by atoms with Gasteiger partial charge in [-0.25, -0.2) is 9.59 Å². The van der Waals surface area contributed by atoms with Crippen LogP contribution in [0.2, 0.25) is 0 Å². The molecule has 0 aromatic heterocycles. The number of fused-ring (bicyclic) bond motifs is 6. The van der Waals surface area contributed by atoms with Gasteiger partial charge >= 0.3 is 12.2 Å². The number of nitrogens with one attached hydrogen (secondary N) is 5. The van der Waals surface area contributed by atoms with Crippen molar-refractivity contribution in [2.24, 2.45) is 22.0 Å². The molecule has 0 bridgehead atoms. The molecule has 23 nitrogen and oxygen atoms in total. The van der Waals surface area contributed by atoms with Crippen LogP contribution in [0.4, 0.5) is 9.59 Å². The first kappa shape index (κ1) is 86.0. The number of thioether (sulfide) groups is 3. The minimum absolute atomic E-state index is 0.0284. The van der Waals surface area contributed by atoms with Gasteiger partial charge in [0.1, 0.15) is 53.5 Å². The second-order valence-corrected chi connectivity index (χ2v) is 38.4. The van der Waals surface area contributed by atoms with E-state index in [2.05, 4.69) is 82.9 Å². The number of rotatable bonds is 12. The lowest BCUT2D eigenvalue weighted by molar-refractivity contribution is -0.144. The third-order valence-corrected chi connectivity index (χ3v) is 26.4. The summed E-state index contributed by atoms with van der Waals surface area (Å²) in [6.45, 7) is 30.2. The standard InChI is InChI=1S/2C30H44N4O5S.C21H29N3O2S.C2H6/c2*1-18(33(7)28(38)39-29(2,3)4)25(35)32-22-15-16-40-23-17-30(5,6)24(34(23)27(22)37)26(36)31-21-14-10-12-19-11-8-9-13-20(19)21;1-21(2)12-17-24(20(26)15(22)10-11-27-17)18(21)19(25)23-16-9-5-7-13-6-3-4-8-14(13)16;1-2/h2*8-9,11,13,18,21-24H,10,12,14-17H2,1-7H3,(H,31,36)(H,32,35);3-4,6,8,15-18H,5,7,9-12,22H2,1-2H3,(H,23,25);1-2H3/t18-,21+,22-,23-,24+;18-,21+,22-,23-,24-;15-,16+,17-,18?;/m000./s1. The van der Waals surface area contributed by atoms with Crippen molar-refractivity contribution in [3.8, 4) is 0 Å². The highest BCUT2D eigenvalue weighted by atomic mass is 32.2. The zero-order valence-corrected chi connectivity index (χ0v) is 70.1. The van der Waals surface area contributed by atoms with E-state index in [4.69, 9.17) is 15.2 Å². The predicted molar refractivity (Wildman–Crippen MR) is 431 cm³/mol. The van der Waals surface area contributed by atoms with E-state index in [1.54, 1.807) is 105 Å². The van der Waals surface area contributed by atoms with Crippen LogP contribution in [0.3, 0.4) is 0 Å². The first-order chi connectivity index (χ1) is 51.3. The average Bonchev–Trinajstić information content (AvgIpc) is 1.62. The van der Waals surface area contributed by atoms with E-state index in [0.717, 1.165) is 81.1 Å². The van der Waals surface area contributed by atoms with Crippen LogP contribution in [0.15, 0.2) is 72.8 Å². The summed E-state index contributed by atoms with van der Waals surface area (Å²) in [5, 5.41) is 15.4. The molecule has 3 aliphatic carbocycles. The molecule has 0 radical (unpaired) electrons. The molecule has 6 fully saturated rings. The summed E-state index contributed by atoms with van der Waals surface area (Å²) >= 11 is 5.09. The minimum atomic E-state index is -0.838. The number of aryl methyl sites for hydroxylation is 3. The first-order valence-electron chi connectivity index (χ1n) is 39.5. The topological polar surface area (TPSA) is 292 Å². The molecule has 6 saturated heterocycles. The van der Waals surface area contributed by atoms with Crippen molar-refractivity contribution in [3.63, 3.8) is 0 Å². The average molecular weight is 1560 g/mol. The number of nitrogens with two attached hydrogens (primary N) is 1. The van der Waals surface area contributed by atoms with E-state index in [-0.39, 0.29) is 75.1 Å². The molecule has 12 rings (SSSR count). The molecule has 9 aliphatic rings. The summed E-state index contributed by atoms with van der Waals surface area (Å²) in [7, 11) is 3.01. The maximum absolute atomic E-state index is 14.0. The van der Waals surface area contributed by atoms with Crippen LogP contribution in [0.5, 0.6) is 0 Å². The van der Waals surface area contributed by atoms with Crippen molar-refractivity contribution in [3.05, 3.63) is 106 Å². The number of ether oxygens (including phenoxy) is 2. The van der Waals surface area contributed by atoms with Gasteiger partial charge in [-0.15, -0.1) is 35.3 Å². The van der Waals surface area contributed by atoms with E-state index in [1.165, 1.54) is 46.1 Å². The summed E-state index contributed by atoms with van der Waals surface area (Å²) < 4.78 is 10.8. The van der Waals surface area contributed by atoms with Crippen LogP contribution in [0.1, 0.15) is 239 Å². The van der Waals surface area contributed by atoms with E-state index in [0.29, 0.717) is 43.6 Å². The van der Waals surface area contributed by atoms with Crippen LogP contribution in [-0.4, -0.2) is 191 Å². The van der Waals surface area contributed by atoms with Gasteiger partial charge in [0, 0.05) is 14.1 Å². The lowest BCUT2D eigenvalue weighted by atomic mass is 9.83. The molecular formula is C83H123N11O12S3. The normalized spacial score (nSPS) is 27.6. The van der Waals surface area contributed by atoms with Gasteiger partial charge in [0.2, 0.25) is 47.3 Å². The van der Waals surface area contributed by atoms with Crippen LogP contribution < -0.4 is 32.3 Å². The highest BCUT2D eigenvalue weighted by Crippen LogP contribution is 2.50. The fourth-order valence-corrected chi connectivity index (χ4v) is 21.6. The number of hydrogen-bond donors (Lipinski definition) is 6. The molecule has 109 heavy (non-hydrogen) atoms. The van der Waals surface area contributed by atoms with Gasteiger partial charge in [0.15, 0.2) is 0 Å². The van der Waals surface area contributed by atoms with Gasteiger partial charge in [0.25, 0.3) is 0 Å². The molecule has 6 heterocycles. The number of nitrogens with zero attached hydrogens (tertiary/aromatic N) is 5. The Kier molecular flexibility index (Phi) is 28.2. The summed E-state index contributed by atoms with van der Waals surface area (Å²) in [5.74, 6) is 0.461. The Morgan fingerprint density at radius 2 is 0.734 bits per heavy atom. The third kappa shape index (κ3) is 20.3. The molecule has 1 unspecified atom stereocenters. The highest BCUT2D eigenvalue weighted by Gasteiger charge is 2.58. The lowest BCUT2D eigenvalue weighted by Crippen LogP contribution is -2.58. The quantitative estimate of drug-likeness (QED) is 0.0982. The molecule has 600 valence electrons. The fourth-order valence-electron chi connectivity index (χ4n) is 16.8. The highest BCUT2D eigenvalue weighted by molar-refractivity contribution is 8.00. The number of benzene rings is 3. The van der Waals surface area contributed by atoms with Gasteiger partial charge in [-0.05, 0) is 219 Å². The smallest absolute Gasteiger partial charge is 0.410 e. The Bertz CT molecular complexity index is 3630. The van der Waals surface area contributed by atoms with E-state index < -0.39 is 94.4 Å². The van der Waals surface area contributed by atoms with Gasteiger partial charge < -0.3 is 56.5 Å². The van der Waals surface area contributed by atoms with Gasteiger partial charge in [-0.2, -0.15) is 0 Å². The summed E-state index contributed by atoms with van der Waals surface area (Å²) in [6.07, 6.45) is 11.4. The Hall–Kier alpha value is -7.03. The molecule has 3 aromatic rings. The molecule has 0 saturated carbocycles. The van der Waals surface area contributed by atoms with Crippen molar-refractivity contribution in [1.29, 1.82) is 0 Å².